The van der Waals surface area contributed by atoms with Gasteiger partial charge in [0.1, 0.15) is 0 Å². The summed E-state index contributed by atoms with van der Waals surface area (Å²) in [4.78, 5) is 0. The van der Waals surface area contributed by atoms with Crippen molar-refractivity contribution < 1.29 is 4.74 Å². The lowest BCUT2D eigenvalue weighted by Gasteiger charge is -2.09. The summed E-state index contributed by atoms with van der Waals surface area (Å²) in [6, 6.07) is 2.77. The largest absolute Gasteiger partial charge is 0.380 e. The SMILES string of the molecule is CC(C)COCCNCc1ccn(C2CCCC2)n1. The normalized spacial score (nSPS) is 16.6. The summed E-state index contributed by atoms with van der Waals surface area (Å²) in [7, 11) is 0. The fraction of sp³-hybridized carbons (Fsp3) is 0.800. The van der Waals surface area contributed by atoms with Crippen molar-refractivity contribution in [3.05, 3.63) is 18.0 Å². The summed E-state index contributed by atoms with van der Waals surface area (Å²) in [5, 5.41) is 8.03. The Bertz CT molecular complexity index is 356. The van der Waals surface area contributed by atoms with Crippen molar-refractivity contribution in [1.82, 2.24) is 15.1 Å². The highest BCUT2D eigenvalue weighted by Crippen LogP contribution is 2.28. The van der Waals surface area contributed by atoms with E-state index in [-0.39, 0.29) is 0 Å². The molecule has 0 aliphatic heterocycles. The van der Waals surface area contributed by atoms with Crippen LogP contribution in [0.3, 0.4) is 0 Å². The van der Waals surface area contributed by atoms with E-state index >= 15 is 0 Å². The molecule has 0 radical (unpaired) electrons. The molecule has 1 fully saturated rings. The van der Waals surface area contributed by atoms with Gasteiger partial charge in [-0.2, -0.15) is 5.10 Å². The average Bonchev–Trinajstić information content (AvgIpc) is 3.03. The maximum Gasteiger partial charge on any atom is 0.0762 e. The predicted octanol–water partition coefficient (Wildman–Crippen LogP) is 2.76. The molecular weight excluding hydrogens is 238 g/mol. The van der Waals surface area contributed by atoms with E-state index in [2.05, 4.69) is 41.2 Å². The van der Waals surface area contributed by atoms with E-state index < -0.39 is 0 Å². The Balaban J connectivity index is 1.61. The number of ether oxygens (including phenoxy) is 1. The molecule has 4 heteroatoms. The minimum atomic E-state index is 0.613. The van der Waals surface area contributed by atoms with Crippen LogP contribution in [0.4, 0.5) is 0 Å². The molecule has 2 rings (SSSR count). The molecule has 1 aromatic rings. The number of nitrogens with zero attached hydrogens (tertiary/aromatic N) is 2. The van der Waals surface area contributed by atoms with Gasteiger partial charge >= 0.3 is 0 Å². The van der Waals surface area contributed by atoms with Gasteiger partial charge in [-0.25, -0.2) is 0 Å². The van der Waals surface area contributed by atoms with Gasteiger partial charge in [-0.05, 0) is 24.8 Å². The molecule has 1 saturated carbocycles. The van der Waals surface area contributed by atoms with Gasteiger partial charge in [0.2, 0.25) is 0 Å². The topological polar surface area (TPSA) is 39.1 Å². The van der Waals surface area contributed by atoms with E-state index in [1.165, 1.54) is 25.7 Å². The van der Waals surface area contributed by atoms with Gasteiger partial charge < -0.3 is 10.1 Å². The molecule has 108 valence electrons. The van der Waals surface area contributed by atoms with Crippen LogP contribution in [0.2, 0.25) is 0 Å². The Labute approximate surface area is 116 Å². The minimum Gasteiger partial charge on any atom is -0.380 e. The highest BCUT2D eigenvalue weighted by atomic mass is 16.5. The third kappa shape index (κ3) is 4.96. The van der Waals surface area contributed by atoms with Crippen LogP contribution < -0.4 is 5.32 Å². The van der Waals surface area contributed by atoms with Crippen LogP contribution in [0.5, 0.6) is 0 Å². The highest BCUT2D eigenvalue weighted by Gasteiger charge is 2.17. The quantitative estimate of drug-likeness (QED) is 0.735. The first-order valence-corrected chi connectivity index (χ1v) is 7.58. The summed E-state index contributed by atoms with van der Waals surface area (Å²) < 4.78 is 7.68. The van der Waals surface area contributed by atoms with Crippen LogP contribution in [-0.2, 0) is 11.3 Å². The molecule has 0 unspecified atom stereocenters. The van der Waals surface area contributed by atoms with E-state index in [9.17, 15) is 0 Å². The van der Waals surface area contributed by atoms with E-state index in [1.54, 1.807) is 0 Å². The number of hydrogen-bond donors (Lipinski definition) is 1. The Morgan fingerprint density at radius 2 is 2.21 bits per heavy atom. The third-order valence-electron chi connectivity index (χ3n) is 3.54. The van der Waals surface area contributed by atoms with Gasteiger partial charge in [-0.1, -0.05) is 26.7 Å². The first kappa shape index (κ1) is 14.5. The molecule has 4 nitrogen and oxygen atoms in total. The second-order valence-corrected chi connectivity index (χ2v) is 5.87. The van der Waals surface area contributed by atoms with Gasteiger partial charge in [-0.15, -0.1) is 0 Å². The average molecular weight is 265 g/mol. The summed E-state index contributed by atoms with van der Waals surface area (Å²) in [6.07, 6.45) is 7.41. The molecule has 0 spiro atoms. The molecule has 1 aliphatic carbocycles. The molecule has 19 heavy (non-hydrogen) atoms. The second kappa shape index (κ2) is 7.65. The van der Waals surface area contributed by atoms with Crippen molar-refractivity contribution in [2.24, 2.45) is 5.92 Å². The third-order valence-corrected chi connectivity index (χ3v) is 3.54. The van der Waals surface area contributed by atoms with Gasteiger partial charge in [0.05, 0.1) is 18.3 Å². The zero-order valence-electron chi connectivity index (χ0n) is 12.3. The van der Waals surface area contributed by atoms with Crippen molar-refractivity contribution in [2.45, 2.75) is 52.1 Å². The highest BCUT2D eigenvalue weighted by molar-refractivity contribution is 4.99. The number of rotatable bonds is 8. The monoisotopic (exact) mass is 265 g/mol. The van der Waals surface area contributed by atoms with E-state index in [4.69, 9.17) is 4.74 Å². The van der Waals surface area contributed by atoms with Gasteiger partial charge in [-0.3, -0.25) is 4.68 Å². The van der Waals surface area contributed by atoms with Crippen LogP contribution in [0, 0.1) is 5.92 Å². The summed E-state index contributed by atoms with van der Waals surface area (Å²) in [5.41, 5.74) is 1.13. The molecule has 0 bridgehead atoms. The number of hydrogen-bond acceptors (Lipinski definition) is 3. The van der Waals surface area contributed by atoms with Gasteiger partial charge in [0.15, 0.2) is 0 Å². The Morgan fingerprint density at radius 1 is 1.42 bits per heavy atom. The van der Waals surface area contributed by atoms with Crippen LogP contribution in [0.15, 0.2) is 12.3 Å². The first-order valence-electron chi connectivity index (χ1n) is 7.58. The molecule has 1 heterocycles. The summed E-state index contributed by atoms with van der Waals surface area (Å²) >= 11 is 0. The number of aromatic nitrogens is 2. The van der Waals surface area contributed by atoms with Crippen LogP contribution >= 0.6 is 0 Å². The maximum absolute atomic E-state index is 5.53. The molecule has 1 aliphatic rings. The lowest BCUT2D eigenvalue weighted by atomic mass is 10.2. The predicted molar refractivity (Wildman–Crippen MR) is 77.1 cm³/mol. The molecule has 0 atom stereocenters. The van der Waals surface area contributed by atoms with Gasteiger partial charge in [0.25, 0.3) is 0 Å². The van der Waals surface area contributed by atoms with E-state index in [0.29, 0.717) is 12.0 Å². The Kier molecular flexibility index (Phi) is 5.86. The van der Waals surface area contributed by atoms with Crippen LogP contribution in [-0.4, -0.2) is 29.5 Å². The first-order chi connectivity index (χ1) is 9.25. The fourth-order valence-electron chi connectivity index (χ4n) is 2.52. The molecule has 0 saturated heterocycles. The molecule has 0 amide bonds. The van der Waals surface area contributed by atoms with Crippen LogP contribution in [0.25, 0.3) is 0 Å². The van der Waals surface area contributed by atoms with E-state index in [1.807, 2.05) is 0 Å². The zero-order valence-corrected chi connectivity index (χ0v) is 12.3. The minimum absolute atomic E-state index is 0.613. The molecule has 1 N–H and O–H groups in total. The van der Waals surface area contributed by atoms with Gasteiger partial charge in [0, 0.05) is 25.9 Å². The molecule has 0 aromatic carbocycles. The van der Waals surface area contributed by atoms with Crippen LogP contribution in [0.1, 0.15) is 51.3 Å². The fourth-order valence-corrected chi connectivity index (χ4v) is 2.52. The van der Waals surface area contributed by atoms with Crippen molar-refractivity contribution in [3.8, 4) is 0 Å². The number of nitrogens with one attached hydrogen (secondary N) is 1. The lowest BCUT2D eigenvalue weighted by Crippen LogP contribution is -2.20. The van der Waals surface area contributed by atoms with Crippen molar-refractivity contribution in [3.63, 3.8) is 0 Å². The zero-order chi connectivity index (χ0) is 13.5. The maximum atomic E-state index is 5.53. The Hall–Kier alpha value is -0.870. The smallest absolute Gasteiger partial charge is 0.0762 e. The van der Waals surface area contributed by atoms with Crippen molar-refractivity contribution in [2.75, 3.05) is 19.8 Å². The van der Waals surface area contributed by atoms with Crippen molar-refractivity contribution >= 4 is 0 Å². The molecular formula is C15H27N3O. The Morgan fingerprint density at radius 3 is 2.95 bits per heavy atom. The summed E-state index contributed by atoms with van der Waals surface area (Å²) in [5.74, 6) is 0.613. The summed E-state index contributed by atoms with van der Waals surface area (Å²) in [6.45, 7) is 7.69. The van der Waals surface area contributed by atoms with Crippen molar-refractivity contribution in [1.29, 1.82) is 0 Å². The van der Waals surface area contributed by atoms with E-state index in [0.717, 1.165) is 32.0 Å². The lowest BCUT2D eigenvalue weighted by molar-refractivity contribution is 0.111. The second-order valence-electron chi connectivity index (χ2n) is 5.87. The molecule has 1 aromatic heterocycles. The standard InChI is InChI=1S/C15H27N3O/c1-13(2)12-19-10-8-16-11-14-7-9-18(17-14)15-5-3-4-6-15/h7,9,13,15-16H,3-6,8,10-12H2,1-2H3.